The van der Waals surface area contributed by atoms with Gasteiger partial charge in [0.05, 0.1) is 12.3 Å². The number of nitrogens with one attached hydrogen (secondary N) is 1. The van der Waals surface area contributed by atoms with E-state index in [1.165, 1.54) is 38.0 Å². The minimum Gasteiger partial charge on any atom is -0.358 e. The summed E-state index contributed by atoms with van der Waals surface area (Å²) in [4.78, 5) is 2.57. The molecule has 0 bridgehead atoms. The number of piperidine rings is 1. The SMILES string of the molecule is c1ccc(CCN2CCC3(CC2)CNCO3)cc1. The molecule has 0 unspecified atom stereocenters. The van der Waals surface area contributed by atoms with Gasteiger partial charge in [0.15, 0.2) is 0 Å². The van der Waals surface area contributed by atoms with Crippen LogP contribution in [0.25, 0.3) is 0 Å². The fourth-order valence-electron chi connectivity index (χ4n) is 2.97. The first-order valence-electron chi connectivity index (χ1n) is 6.97. The Morgan fingerprint density at radius 2 is 1.94 bits per heavy atom. The second-order valence-electron chi connectivity index (χ2n) is 5.48. The molecule has 2 saturated heterocycles. The molecule has 0 aliphatic carbocycles. The van der Waals surface area contributed by atoms with Gasteiger partial charge >= 0.3 is 0 Å². The molecule has 1 spiro atoms. The van der Waals surface area contributed by atoms with Gasteiger partial charge in [0.1, 0.15) is 0 Å². The van der Waals surface area contributed by atoms with E-state index in [-0.39, 0.29) is 5.60 Å². The highest BCUT2D eigenvalue weighted by Crippen LogP contribution is 2.28. The van der Waals surface area contributed by atoms with Gasteiger partial charge in [0.25, 0.3) is 0 Å². The summed E-state index contributed by atoms with van der Waals surface area (Å²) in [6.45, 7) is 5.31. The summed E-state index contributed by atoms with van der Waals surface area (Å²) >= 11 is 0. The predicted molar refractivity (Wildman–Crippen MR) is 72.5 cm³/mol. The average molecular weight is 246 g/mol. The van der Waals surface area contributed by atoms with Crippen molar-refractivity contribution in [3.63, 3.8) is 0 Å². The van der Waals surface area contributed by atoms with E-state index in [2.05, 4.69) is 40.5 Å². The summed E-state index contributed by atoms with van der Waals surface area (Å²) in [5, 5.41) is 3.31. The molecule has 1 aromatic rings. The lowest BCUT2D eigenvalue weighted by Crippen LogP contribution is -2.47. The molecule has 3 heteroatoms. The molecule has 3 nitrogen and oxygen atoms in total. The van der Waals surface area contributed by atoms with E-state index in [4.69, 9.17) is 4.74 Å². The molecule has 2 aliphatic heterocycles. The van der Waals surface area contributed by atoms with Crippen molar-refractivity contribution in [2.75, 3.05) is 32.9 Å². The summed E-state index contributed by atoms with van der Waals surface area (Å²) in [7, 11) is 0. The summed E-state index contributed by atoms with van der Waals surface area (Å²) in [6, 6.07) is 10.8. The highest BCUT2D eigenvalue weighted by atomic mass is 16.5. The molecule has 0 aromatic heterocycles. The molecule has 2 heterocycles. The number of hydrogen-bond donors (Lipinski definition) is 1. The van der Waals surface area contributed by atoms with E-state index >= 15 is 0 Å². The van der Waals surface area contributed by atoms with Crippen LogP contribution in [0, 0.1) is 0 Å². The fourth-order valence-corrected chi connectivity index (χ4v) is 2.97. The molecule has 1 aromatic carbocycles. The first-order valence-corrected chi connectivity index (χ1v) is 6.97. The van der Waals surface area contributed by atoms with E-state index in [0.29, 0.717) is 0 Å². The van der Waals surface area contributed by atoms with Crippen LogP contribution in [0.1, 0.15) is 18.4 Å². The molecule has 2 fully saturated rings. The van der Waals surface area contributed by atoms with E-state index in [1.807, 2.05) is 0 Å². The Kier molecular flexibility index (Phi) is 3.64. The first-order chi connectivity index (χ1) is 8.86. The molecule has 0 saturated carbocycles. The second-order valence-corrected chi connectivity index (χ2v) is 5.48. The normalized spacial score (nSPS) is 23.6. The van der Waals surface area contributed by atoms with Crippen molar-refractivity contribution in [3.05, 3.63) is 35.9 Å². The minimum atomic E-state index is 0.156. The average Bonchev–Trinajstić information content (AvgIpc) is 2.88. The smallest absolute Gasteiger partial charge is 0.0974 e. The van der Waals surface area contributed by atoms with Crippen molar-refractivity contribution in [1.82, 2.24) is 10.2 Å². The van der Waals surface area contributed by atoms with Crippen LogP contribution < -0.4 is 5.32 Å². The van der Waals surface area contributed by atoms with Gasteiger partial charge < -0.3 is 9.64 Å². The highest BCUT2D eigenvalue weighted by molar-refractivity contribution is 5.14. The van der Waals surface area contributed by atoms with Crippen molar-refractivity contribution < 1.29 is 4.74 Å². The Morgan fingerprint density at radius 1 is 1.17 bits per heavy atom. The highest BCUT2D eigenvalue weighted by Gasteiger charge is 2.38. The lowest BCUT2D eigenvalue weighted by molar-refractivity contribution is -0.0363. The zero-order chi connectivity index (χ0) is 12.3. The summed E-state index contributed by atoms with van der Waals surface area (Å²) < 4.78 is 5.85. The number of hydrogen-bond acceptors (Lipinski definition) is 3. The molecule has 2 aliphatic rings. The van der Waals surface area contributed by atoms with Crippen LogP contribution in [0.15, 0.2) is 30.3 Å². The Hall–Kier alpha value is -0.900. The molecular weight excluding hydrogens is 224 g/mol. The molecule has 0 amide bonds. The van der Waals surface area contributed by atoms with Crippen LogP contribution in [-0.2, 0) is 11.2 Å². The van der Waals surface area contributed by atoms with Gasteiger partial charge in [-0.25, -0.2) is 0 Å². The van der Waals surface area contributed by atoms with Gasteiger partial charge in [-0.05, 0) is 24.8 Å². The predicted octanol–water partition coefficient (Wildman–Crippen LogP) is 1.64. The second kappa shape index (κ2) is 5.39. The van der Waals surface area contributed by atoms with Gasteiger partial charge in [-0.2, -0.15) is 0 Å². The Balaban J connectivity index is 1.46. The summed E-state index contributed by atoms with van der Waals surface area (Å²) in [5.41, 5.74) is 1.60. The Labute approximate surface area is 109 Å². The maximum absolute atomic E-state index is 5.85. The molecular formula is C15H22N2O. The molecule has 18 heavy (non-hydrogen) atoms. The van der Waals surface area contributed by atoms with Gasteiger partial charge in [-0.15, -0.1) is 0 Å². The largest absolute Gasteiger partial charge is 0.358 e. The molecule has 0 radical (unpaired) electrons. The molecule has 1 N–H and O–H groups in total. The van der Waals surface area contributed by atoms with E-state index < -0.39 is 0 Å². The zero-order valence-corrected chi connectivity index (χ0v) is 10.9. The summed E-state index contributed by atoms with van der Waals surface area (Å²) in [5.74, 6) is 0. The maximum atomic E-state index is 5.85. The van der Waals surface area contributed by atoms with Crippen LogP contribution in [-0.4, -0.2) is 43.4 Å². The summed E-state index contributed by atoms with van der Waals surface area (Å²) in [6.07, 6.45) is 3.51. The third kappa shape index (κ3) is 2.74. The number of ether oxygens (including phenoxy) is 1. The zero-order valence-electron chi connectivity index (χ0n) is 10.9. The minimum absolute atomic E-state index is 0.156. The third-order valence-electron chi connectivity index (χ3n) is 4.25. The van der Waals surface area contributed by atoms with Gasteiger partial charge in [-0.3, -0.25) is 5.32 Å². The standard InChI is InChI=1S/C15H22N2O/c1-2-4-14(5-3-1)6-9-17-10-7-15(8-11-17)12-16-13-18-15/h1-5,16H,6-13H2. The Bertz CT molecular complexity index is 363. The molecule has 3 rings (SSSR count). The number of nitrogens with zero attached hydrogens (tertiary/aromatic N) is 1. The van der Waals surface area contributed by atoms with Crippen LogP contribution in [0.4, 0.5) is 0 Å². The number of rotatable bonds is 3. The van der Waals surface area contributed by atoms with Gasteiger partial charge in [0.2, 0.25) is 0 Å². The monoisotopic (exact) mass is 246 g/mol. The quantitative estimate of drug-likeness (QED) is 0.877. The maximum Gasteiger partial charge on any atom is 0.0974 e. The fraction of sp³-hybridized carbons (Fsp3) is 0.600. The lowest BCUT2D eigenvalue weighted by atomic mass is 9.91. The van der Waals surface area contributed by atoms with Crippen LogP contribution >= 0.6 is 0 Å². The van der Waals surface area contributed by atoms with E-state index in [9.17, 15) is 0 Å². The van der Waals surface area contributed by atoms with Crippen molar-refractivity contribution in [2.45, 2.75) is 24.9 Å². The first kappa shape index (κ1) is 12.2. The van der Waals surface area contributed by atoms with Crippen molar-refractivity contribution in [3.8, 4) is 0 Å². The van der Waals surface area contributed by atoms with Gasteiger partial charge in [-0.1, -0.05) is 30.3 Å². The topological polar surface area (TPSA) is 24.5 Å². The lowest BCUT2D eigenvalue weighted by Gasteiger charge is -2.38. The third-order valence-corrected chi connectivity index (χ3v) is 4.25. The van der Waals surface area contributed by atoms with Crippen LogP contribution in [0.3, 0.4) is 0 Å². The van der Waals surface area contributed by atoms with E-state index in [1.54, 1.807) is 0 Å². The van der Waals surface area contributed by atoms with Crippen molar-refractivity contribution >= 4 is 0 Å². The van der Waals surface area contributed by atoms with Crippen molar-refractivity contribution in [2.24, 2.45) is 0 Å². The molecule has 98 valence electrons. The number of likely N-dealkylation sites (tertiary alicyclic amines) is 1. The van der Waals surface area contributed by atoms with Crippen molar-refractivity contribution in [1.29, 1.82) is 0 Å². The molecule has 0 atom stereocenters. The number of benzene rings is 1. The van der Waals surface area contributed by atoms with Crippen LogP contribution in [0.5, 0.6) is 0 Å². The van der Waals surface area contributed by atoms with E-state index in [0.717, 1.165) is 19.7 Å². The van der Waals surface area contributed by atoms with Crippen LogP contribution in [0.2, 0.25) is 0 Å². The van der Waals surface area contributed by atoms with Gasteiger partial charge in [0, 0.05) is 26.2 Å². The Morgan fingerprint density at radius 3 is 2.61 bits per heavy atom.